The zero-order valence-corrected chi connectivity index (χ0v) is 16.7. The van der Waals surface area contributed by atoms with Crippen molar-refractivity contribution in [3.63, 3.8) is 0 Å². The van der Waals surface area contributed by atoms with Crippen LogP contribution in [0.4, 0.5) is 23.1 Å². The van der Waals surface area contributed by atoms with Gasteiger partial charge in [0.15, 0.2) is 5.78 Å². The Balaban J connectivity index is 1.65. The number of para-hydroxylation sites is 2. The van der Waals surface area contributed by atoms with Crippen molar-refractivity contribution in [1.29, 1.82) is 0 Å². The predicted octanol–water partition coefficient (Wildman–Crippen LogP) is 5.07. The summed E-state index contributed by atoms with van der Waals surface area (Å²) in [5.41, 5.74) is 4.88. The second-order valence-electron chi connectivity index (χ2n) is 8.17. The number of anilines is 4. The highest BCUT2D eigenvalue weighted by molar-refractivity contribution is 6.03. The predicted molar refractivity (Wildman–Crippen MR) is 115 cm³/mol. The van der Waals surface area contributed by atoms with Crippen LogP contribution in [0.5, 0.6) is 0 Å². The van der Waals surface area contributed by atoms with E-state index in [1.165, 1.54) is 5.56 Å². The van der Waals surface area contributed by atoms with Crippen LogP contribution in [0, 0.1) is 5.92 Å². The molecule has 3 aromatic rings. The number of rotatable bonds is 3. The Labute approximate surface area is 170 Å². The molecular formula is C24H24N4O. The minimum Gasteiger partial charge on any atom is -0.339 e. The Morgan fingerprint density at radius 1 is 0.931 bits per heavy atom. The summed E-state index contributed by atoms with van der Waals surface area (Å²) in [5, 5.41) is 3.38. The Morgan fingerprint density at radius 2 is 1.69 bits per heavy atom. The molecule has 2 aliphatic rings. The summed E-state index contributed by atoms with van der Waals surface area (Å²) in [6.07, 6.45) is 2.31. The van der Waals surface area contributed by atoms with Gasteiger partial charge in [-0.3, -0.25) is 4.79 Å². The lowest BCUT2D eigenvalue weighted by molar-refractivity contribution is 0.0952. The molecule has 146 valence electrons. The lowest BCUT2D eigenvalue weighted by atomic mass is 9.87. The molecule has 1 aliphatic carbocycles. The second kappa shape index (κ2) is 6.99. The zero-order chi connectivity index (χ0) is 20.0. The summed E-state index contributed by atoms with van der Waals surface area (Å²) in [6.45, 7) is 4.31. The van der Waals surface area contributed by atoms with E-state index in [1.807, 2.05) is 30.3 Å². The average molecular weight is 384 g/mol. The minimum atomic E-state index is 0.124. The summed E-state index contributed by atoms with van der Waals surface area (Å²) in [7, 11) is 0. The van der Waals surface area contributed by atoms with Crippen molar-refractivity contribution in [3.8, 4) is 0 Å². The topological polar surface area (TPSA) is 58.1 Å². The first-order valence-corrected chi connectivity index (χ1v) is 10.2. The number of hydrogen-bond acceptors (Lipinski definition) is 5. The van der Waals surface area contributed by atoms with Crippen LogP contribution in [0.25, 0.3) is 0 Å². The van der Waals surface area contributed by atoms with Gasteiger partial charge in [-0.2, -0.15) is 4.98 Å². The van der Waals surface area contributed by atoms with Gasteiger partial charge in [0.05, 0.1) is 11.3 Å². The zero-order valence-electron chi connectivity index (χ0n) is 16.7. The van der Waals surface area contributed by atoms with Gasteiger partial charge in [-0.1, -0.05) is 43.3 Å². The van der Waals surface area contributed by atoms with E-state index in [4.69, 9.17) is 9.97 Å². The summed E-state index contributed by atoms with van der Waals surface area (Å²) < 4.78 is 0. The van der Waals surface area contributed by atoms with Crippen LogP contribution in [0.2, 0.25) is 0 Å². The first-order chi connectivity index (χ1) is 14.1. The molecule has 0 spiro atoms. The number of nitrogens with one attached hydrogen (secondary N) is 1. The van der Waals surface area contributed by atoms with Crippen molar-refractivity contribution in [1.82, 2.24) is 9.97 Å². The molecule has 2 heterocycles. The van der Waals surface area contributed by atoms with E-state index >= 15 is 0 Å². The number of aromatic nitrogens is 2. The van der Waals surface area contributed by atoms with Gasteiger partial charge in [0.1, 0.15) is 5.82 Å². The Hall–Kier alpha value is -3.21. The Bertz CT molecular complexity index is 1080. The number of ketones is 1. The number of carbonyl (C=O) groups is 1. The summed E-state index contributed by atoms with van der Waals surface area (Å²) >= 11 is 0. The fourth-order valence-corrected chi connectivity index (χ4v) is 4.48. The van der Waals surface area contributed by atoms with Crippen LogP contribution in [0.1, 0.15) is 41.9 Å². The summed E-state index contributed by atoms with van der Waals surface area (Å²) in [6, 6.07) is 18.6. The van der Waals surface area contributed by atoms with Gasteiger partial charge in [0.2, 0.25) is 5.95 Å². The normalized spacial score (nSPS) is 20.3. The SMILES string of the molecule is CC1CC(=O)c2c(nc(N3c4ccccc4CC3C)nc2Nc2ccccc2)C1. The molecule has 1 aromatic heterocycles. The highest BCUT2D eigenvalue weighted by atomic mass is 16.1. The quantitative estimate of drug-likeness (QED) is 0.683. The molecule has 0 saturated heterocycles. The number of Topliss-reactive ketones (excluding diaryl/α,β-unsaturated/α-hetero) is 1. The van der Waals surface area contributed by atoms with Gasteiger partial charge in [0, 0.05) is 23.8 Å². The largest absolute Gasteiger partial charge is 0.339 e. The van der Waals surface area contributed by atoms with Crippen LogP contribution in [0.3, 0.4) is 0 Å². The first kappa shape index (κ1) is 17.9. The molecule has 1 N–H and O–H groups in total. The summed E-state index contributed by atoms with van der Waals surface area (Å²) in [5.74, 6) is 1.70. The maximum atomic E-state index is 12.9. The molecular weight excluding hydrogens is 360 g/mol. The molecule has 5 rings (SSSR count). The summed E-state index contributed by atoms with van der Waals surface area (Å²) in [4.78, 5) is 24.8. The number of hydrogen-bond donors (Lipinski definition) is 1. The van der Waals surface area contributed by atoms with Gasteiger partial charge in [-0.25, -0.2) is 4.98 Å². The van der Waals surface area contributed by atoms with Crippen LogP contribution < -0.4 is 10.2 Å². The van der Waals surface area contributed by atoms with E-state index in [0.29, 0.717) is 29.7 Å². The van der Waals surface area contributed by atoms with Gasteiger partial charge in [-0.15, -0.1) is 0 Å². The van der Waals surface area contributed by atoms with E-state index in [1.54, 1.807) is 0 Å². The molecule has 29 heavy (non-hydrogen) atoms. The molecule has 5 nitrogen and oxygen atoms in total. The number of benzene rings is 2. The molecule has 0 saturated carbocycles. The monoisotopic (exact) mass is 384 g/mol. The van der Waals surface area contributed by atoms with Crippen molar-refractivity contribution in [2.45, 2.75) is 39.2 Å². The fourth-order valence-electron chi connectivity index (χ4n) is 4.48. The van der Waals surface area contributed by atoms with Gasteiger partial charge < -0.3 is 10.2 Å². The van der Waals surface area contributed by atoms with Crippen LogP contribution in [0.15, 0.2) is 54.6 Å². The number of fused-ring (bicyclic) bond motifs is 2. The third-order valence-corrected chi connectivity index (χ3v) is 5.79. The maximum Gasteiger partial charge on any atom is 0.232 e. The lowest BCUT2D eigenvalue weighted by Gasteiger charge is -2.27. The van der Waals surface area contributed by atoms with E-state index in [-0.39, 0.29) is 11.8 Å². The smallest absolute Gasteiger partial charge is 0.232 e. The number of carbonyl (C=O) groups excluding carboxylic acids is 1. The van der Waals surface area contributed by atoms with Crippen molar-refractivity contribution < 1.29 is 4.79 Å². The van der Waals surface area contributed by atoms with E-state index in [2.05, 4.69) is 48.3 Å². The maximum absolute atomic E-state index is 12.9. The molecule has 0 radical (unpaired) electrons. The average Bonchev–Trinajstić information content (AvgIpc) is 3.03. The standard InChI is InChI=1S/C24H24N4O/c1-15-12-19-22(21(29)13-15)23(25-18-9-4-3-5-10-18)27-24(26-19)28-16(2)14-17-8-6-7-11-20(17)28/h3-11,15-16H,12-14H2,1-2H3,(H,25,26,27). The third-order valence-electron chi connectivity index (χ3n) is 5.79. The van der Waals surface area contributed by atoms with Crippen molar-refractivity contribution in [3.05, 3.63) is 71.4 Å². The first-order valence-electron chi connectivity index (χ1n) is 10.2. The van der Waals surface area contributed by atoms with Crippen LogP contribution >= 0.6 is 0 Å². The molecule has 1 aliphatic heterocycles. The van der Waals surface area contributed by atoms with Crippen molar-refractivity contribution in [2.24, 2.45) is 5.92 Å². The van der Waals surface area contributed by atoms with E-state index in [0.717, 1.165) is 29.9 Å². The van der Waals surface area contributed by atoms with Gasteiger partial charge in [0.25, 0.3) is 0 Å². The molecule has 0 bridgehead atoms. The number of nitrogens with zero attached hydrogens (tertiary/aromatic N) is 3. The van der Waals surface area contributed by atoms with Gasteiger partial charge >= 0.3 is 0 Å². The minimum absolute atomic E-state index is 0.124. The Kier molecular flexibility index (Phi) is 4.31. The van der Waals surface area contributed by atoms with E-state index in [9.17, 15) is 4.79 Å². The third kappa shape index (κ3) is 3.16. The molecule has 0 fully saturated rings. The highest BCUT2D eigenvalue weighted by Gasteiger charge is 2.33. The highest BCUT2D eigenvalue weighted by Crippen LogP contribution is 2.39. The molecule has 0 amide bonds. The second-order valence-corrected chi connectivity index (χ2v) is 8.17. The van der Waals surface area contributed by atoms with Crippen molar-refractivity contribution >= 4 is 28.9 Å². The molecule has 2 atom stereocenters. The van der Waals surface area contributed by atoms with Crippen molar-refractivity contribution in [2.75, 3.05) is 10.2 Å². The van der Waals surface area contributed by atoms with Gasteiger partial charge in [-0.05, 0) is 49.4 Å². The molecule has 2 unspecified atom stereocenters. The van der Waals surface area contributed by atoms with Crippen LogP contribution in [-0.4, -0.2) is 21.8 Å². The molecule has 5 heteroatoms. The lowest BCUT2D eigenvalue weighted by Crippen LogP contribution is -2.29. The van der Waals surface area contributed by atoms with E-state index < -0.39 is 0 Å². The fraction of sp³-hybridized carbons (Fsp3) is 0.292. The van der Waals surface area contributed by atoms with Crippen LogP contribution in [-0.2, 0) is 12.8 Å². The molecule has 2 aromatic carbocycles. The Morgan fingerprint density at radius 3 is 2.52 bits per heavy atom.